The number of nitrogens with zero attached hydrogens (tertiary/aromatic N) is 1. The number of esters is 2. The van der Waals surface area contributed by atoms with E-state index in [1.54, 1.807) is 46.8 Å². The highest BCUT2D eigenvalue weighted by Gasteiger charge is 2.56. The number of phenols is 1. The standard InChI is InChI=1S/C56H82N8O14/c1-28(2)27-64-22-19-56(20-23-64)62-43-40-41-47(69)34(8)51-42(40)52(71)55(10,78-51)75-24-18-37(74-11)31(5)50(76-35(9)65)33(7)46(68)32(6)49(29(3)15-14-16-30(4)53(72)61-45(48(41)70)44(43)63-56)77-39(67)26-59-38(66)25-60-54(73)36(58)17-12-13-21-57/h14-16,18,24,28-29,31-33,36-37,43,46,49-50,62-63,68-69H,12-13,17,19-23,25-27,57-58H2,1-11H3,(H,59,66)(H,60,73)(H,61,72)/b15-14+,24-18+,30-16-/t29-,31+,32-,33+,36-,37-,43?,46+,49-,50+,55-/m0/s1. The molecule has 1 aliphatic carbocycles. The minimum absolute atomic E-state index is 0.0280. The monoisotopic (exact) mass is 1090 g/mol. The molecule has 11 atom stereocenters. The second-order valence-corrected chi connectivity index (χ2v) is 22.1. The van der Waals surface area contributed by atoms with Crippen LogP contribution in [0.3, 0.4) is 0 Å². The van der Waals surface area contributed by atoms with Crippen LogP contribution in [0.5, 0.6) is 11.5 Å². The Morgan fingerprint density at radius 2 is 1.63 bits per heavy atom. The van der Waals surface area contributed by atoms with Crippen molar-refractivity contribution in [1.29, 1.82) is 0 Å². The molecule has 1 aromatic rings. The van der Waals surface area contributed by atoms with Gasteiger partial charge in [-0.3, -0.25) is 38.9 Å². The number of hydrogen-bond donors (Lipinski definition) is 9. The summed E-state index contributed by atoms with van der Waals surface area (Å²) in [4.78, 5) is 98.1. The van der Waals surface area contributed by atoms with Crippen molar-refractivity contribution in [1.82, 2.24) is 31.5 Å². The summed E-state index contributed by atoms with van der Waals surface area (Å²) in [6, 6.07) is -1.74. The van der Waals surface area contributed by atoms with Crippen molar-refractivity contribution in [2.75, 3.05) is 46.4 Å². The number of hydrogen-bond acceptors (Lipinski definition) is 19. The summed E-state index contributed by atoms with van der Waals surface area (Å²) in [5.41, 5.74) is 11.2. The van der Waals surface area contributed by atoms with E-state index in [1.807, 2.05) is 0 Å². The van der Waals surface area contributed by atoms with Gasteiger partial charge in [-0.25, -0.2) is 0 Å². The minimum atomic E-state index is -2.02. The summed E-state index contributed by atoms with van der Waals surface area (Å²) in [7, 11) is 1.43. The number of rotatable bonds is 14. The van der Waals surface area contributed by atoms with Gasteiger partial charge in [0.1, 0.15) is 35.9 Å². The van der Waals surface area contributed by atoms with Crippen molar-refractivity contribution in [3.8, 4) is 11.5 Å². The molecule has 1 spiro atoms. The molecule has 0 radical (unpaired) electrons. The molecule has 3 amide bonds. The number of ketones is 2. The molecule has 430 valence electrons. The van der Waals surface area contributed by atoms with Gasteiger partial charge in [0.25, 0.3) is 11.7 Å². The summed E-state index contributed by atoms with van der Waals surface area (Å²) in [5.74, 6) is -9.82. The Bertz CT molecular complexity index is 2590. The van der Waals surface area contributed by atoms with Crippen LogP contribution in [-0.4, -0.2) is 145 Å². The van der Waals surface area contributed by atoms with Crippen LogP contribution in [0.1, 0.15) is 132 Å². The van der Waals surface area contributed by atoms with Crippen molar-refractivity contribution in [2.45, 2.75) is 149 Å². The van der Waals surface area contributed by atoms with Crippen molar-refractivity contribution in [2.24, 2.45) is 41.1 Å². The molecule has 2 saturated heterocycles. The largest absolute Gasteiger partial charge is 0.507 e. The number of benzene rings is 1. The topological polar surface area (TPSA) is 322 Å². The SMILES string of the molecule is CO[C@H]1/C=C/O[C@@]2(C)Oc3c(C)c(O)c4c(c3C2=O)C2NC3(CCN(CC(C)C)CC3)NC2=C(NC(=O)/C(C)=C\C=C\[C@H](C)[C@H](OC(=O)CNC(=O)CNC(=O)[C@@H](N)CCCCN)[C@@H](C)[C@@H](O)[C@@H](C)[C@H](OC(C)=O)[C@@H]1C)C4=O. The molecule has 22 nitrogen and oxygen atoms in total. The Balaban J connectivity index is 1.37. The van der Waals surface area contributed by atoms with Gasteiger partial charge in [-0.2, -0.15) is 0 Å². The van der Waals surface area contributed by atoms with Gasteiger partial charge >= 0.3 is 17.7 Å². The first-order valence-corrected chi connectivity index (χ1v) is 27.1. The van der Waals surface area contributed by atoms with E-state index in [-0.39, 0.29) is 39.3 Å². The highest BCUT2D eigenvalue weighted by molar-refractivity contribution is 6.19. The summed E-state index contributed by atoms with van der Waals surface area (Å²) in [5, 5.41) is 39.2. The van der Waals surface area contributed by atoms with Gasteiger partial charge in [-0.1, -0.05) is 66.2 Å². The number of likely N-dealkylation sites (tertiary alicyclic amines) is 1. The Kier molecular flexibility index (Phi) is 20.1. The maximum absolute atomic E-state index is 15.0. The molecule has 78 heavy (non-hydrogen) atoms. The van der Waals surface area contributed by atoms with Crippen LogP contribution in [0.25, 0.3) is 0 Å². The zero-order valence-corrected chi connectivity index (χ0v) is 46.9. The van der Waals surface area contributed by atoms with E-state index < -0.39 is 132 Å². The summed E-state index contributed by atoms with van der Waals surface area (Å²) >= 11 is 0. The molecular formula is C56H82N8O14. The van der Waals surface area contributed by atoms with E-state index in [0.29, 0.717) is 63.4 Å². The second kappa shape index (κ2) is 25.7. The van der Waals surface area contributed by atoms with E-state index in [4.69, 9.17) is 35.2 Å². The van der Waals surface area contributed by atoms with E-state index in [2.05, 4.69) is 45.3 Å². The number of unbranched alkanes of at least 4 members (excludes halogenated alkanes) is 1. The molecular weight excluding hydrogens is 1010 g/mol. The number of carbonyl (C=O) groups excluding carboxylic acids is 7. The van der Waals surface area contributed by atoms with Crippen LogP contribution in [0.15, 0.2) is 47.5 Å². The molecule has 22 heteroatoms. The van der Waals surface area contributed by atoms with Crippen molar-refractivity contribution < 1.29 is 67.5 Å². The zero-order valence-electron chi connectivity index (χ0n) is 46.9. The quantitative estimate of drug-likeness (QED) is 0.0955. The zero-order chi connectivity index (χ0) is 57.6. The Morgan fingerprint density at radius 3 is 2.27 bits per heavy atom. The highest BCUT2D eigenvalue weighted by Crippen LogP contribution is 2.53. The predicted octanol–water partition coefficient (Wildman–Crippen LogP) is 2.70. The minimum Gasteiger partial charge on any atom is -0.507 e. The van der Waals surface area contributed by atoms with E-state index in [1.165, 1.54) is 46.3 Å². The molecule has 5 bridgehead atoms. The molecule has 4 heterocycles. The van der Waals surface area contributed by atoms with Crippen molar-refractivity contribution in [3.05, 3.63) is 69.8 Å². The van der Waals surface area contributed by atoms with Crippen LogP contribution in [0, 0.1) is 36.5 Å². The first-order chi connectivity index (χ1) is 36.8. The average molecular weight is 1090 g/mol. The lowest BCUT2D eigenvalue weighted by Crippen LogP contribution is -2.56. The second-order valence-electron chi connectivity index (χ2n) is 22.1. The Labute approximate surface area is 456 Å². The van der Waals surface area contributed by atoms with E-state index >= 15 is 0 Å². The normalized spacial score (nSPS) is 30.2. The fourth-order valence-electron chi connectivity index (χ4n) is 11.2. The molecule has 11 N–H and O–H groups in total. The number of carbonyl (C=O) groups is 7. The van der Waals surface area contributed by atoms with Crippen LogP contribution in [0.4, 0.5) is 0 Å². The number of aliphatic hydroxyl groups is 1. The van der Waals surface area contributed by atoms with Crippen LogP contribution >= 0.6 is 0 Å². The number of Topliss-reactive ketones (excluding diaryl/α,β-unsaturated/α-hetero) is 2. The lowest BCUT2D eigenvalue weighted by atomic mass is 9.78. The summed E-state index contributed by atoms with van der Waals surface area (Å²) < 4.78 is 30.3. The first-order valence-electron chi connectivity index (χ1n) is 27.1. The van der Waals surface area contributed by atoms with Crippen LogP contribution < -0.4 is 42.8 Å². The smallest absolute Gasteiger partial charge is 0.325 e. The molecule has 1 unspecified atom stereocenters. The van der Waals surface area contributed by atoms with Crippen molar-refractivity contribution >= 4 is 41.2 Å². The van der Waals surface area contributed by atoms with Gasteiger partial charge in [-0.05, 0) is 58.1 Å². The average Bonchev–Trinajstić information content (AvgIpc) is 4.14. The molecule has 0 aromatic heterocycles. The number of phenolic OH excluding ortho intramolecular Hbond substituents is 1. The lowest BCUT2D eigenvalue weighted by molar-refractivity contribution is -0.165. The summed E-state index contributed by atoms with van der Waals surface area (Å²) in [6.07, 6.45) is 6.08. The summed E-state index contributed by atoms with van der Waals surface area (Å²) in [6.45, 7) is 18.6. The number of allylic oxidation sites excluding steroid dienone is 3. The van der Waals surface area contributed by atoms with Crippen LogP contribution in [-0.2, 0) is 42.9 Å². The van der Waals surface area contributed by atoms with Gasteiger partial charge in [-0.15, -0.1) is 0 Å². The molecule has 2 fully saturated rings. The van der Waals surface area contributed by atoms with E-state index in [9.17, 15) is 43.8 Å². The molecule has 6 rings (SSSR count). The third-order valence-electron chi connectivity index (χ3n) is 15.7. The van der Waals surface area contributed by atoms with Crippen molar-refractivity contribution in [3.63, 3.8) is 0 Å². The fraction of sp³-hybridized carbons (Fsp3) is 0.625. The number of piperidine rings is 1. The number of aromatic hydroxyl groups is 1. The maximum atomic E-state index is 15.0. The lowest BCUT2D eigenvalue weighted by Gasteiger charge is -2.40. The maximum Gasteiger partial charge on any atom is 0.325 e. The predicted molar refractivity (Wildman–Crippen MR) is 287 cm³/mol. The number of fused-ring (bicyclic) bond motifs is 3. The molecule has 0 saturated carbocycles. The number of amides is 3. The molecule has 1 aromatic carbocycles. The number of aliphatic hydroxyl groups excluding tert-OH is 1. The number of nitrogens with one attached hydrogen (secondary N) is 5. The fourth-order valence-corrected chi connectivity index (χ4v) is 11.2. The third kappa shape index (κ3) is 13.5. The molecule has 4 aliphatic heterocycles. The number of nitrogens with two attached hydrogens (primary N) is 2. The molecule has 5 aliphatic rings. The first kappa shape index (κ1) is 61.0. The van der Waals surface area contributed by atoms with Gasteiger partial charge in [0.15, 0.2) is 0 Å². The van der Waals surface area contributed by atoms with Gasteiger partial charge in [0.2, 0.25) is 17.6 Å². The number of ether oxygens (including phenoxy) is 5. The van der Waals surface area contributed by atoms with Crippen LogP contribution in [0.2, 0.25) is 0 Å². The van der Waals surface area contributed by atoms with E-state index in [0.717, 1.165) is 6.54 Å². The Hall–Kier alpha value is -6.17. The van der Waals surface area contributed by atoms with Gasteiger partial charge in [0.05, 0.1) is 59.6 Å². The number of methoxy groups -OCH3 is 1. The highest BCUT2D eigenvalue weighted by atomic mass is 16.7. The Morgan fingerprint density at radius 1 is 0.949 bits per heavy atom. The van der Waals surface area contributed by atoms with Gasteiger partial charge < -0.3 is 71.5 Å². The van der Waals surface area contributed by atoms with Gasteiger partial charge in [0, 0.05) is 81.0 Å². The third-order valence-corrected chi connectivity index (χ3v) is 15.7.